The largest absolute Gasteiger partial charge is 0.319 e. The van der Waals surface area contributed by atoms with Crippen LogP contribution in [0, 0.1) is 12.7 Å². The molecule has 0 atom stereocenters. The first-order valence-electron chi connectivity index (χ1n) is 9.67. The summed E-state index contributed by atoms with van der Waals surface area (Å²) in [5.41, 5.74) is 2.33. The van der Waals surface area contributed by atoms with E-state index in [1.807, 2.05) is 6.07 Å². The van der Waals surface area contributed by atoms with E-state index in [2.05, 4.69) is 15.4 Å². The molecule has 1 N–H and O–H groups in total. The molecule has 1 amide bonds. The highest BCUT2D eigenvalue weighted by Gasteiger charge is 2.17. The maximum Gasteiger partial charge on any atom is 0.263 e. The van der Waals surface area contributed by atoms with Crippen LogP contribution in [0.25, 0.3) is 0 Å². The Morgan fingerprint density at radius 1 is 1.10 bits per heavy atom. The molecule has 31 heavy (non-hydrogen) atoms. The molecule has 0 aliphatic carbocycles. The van der Waals surface area contributed by atoms with E-state index in [-0.39, 0.29) is 16.9 Å². The molecule has 0 unspecified atom stereocenters. The first-order chi connectivity index (χ1) is 15.0. The number of carbonyl (C=O) groups is 1. The minimum atomic E-state index is -0.506. The number of amides is 1. The number of aromatic nitrogens is 4. The summed E-state index contributed by atoms with van der Waals surface area (Å²) in [6.45, 7) is 2.40. The number of hydrogen-bond acceptors (Lipinski definition) is 4. The first-order valence-corrected chi connectivity index (χ1v) is 9.67. The SMILES string of the molecule is Cc1ccn(Cc2cccnc2)c(=O)c1C(=O)Nc1cnn(Cc2cccc(F)c2)c1. The number of carbonyl (C=O) groups excluding carboxylic acids is 1. The predicted octanol–water partition coefficient (Wildman–Crippen LogP) is 3.24. The van der Waals surface area contributed by atoms with Crippen molar-refractivity contribution in [3.8, 4) is 0 Å². The van der Waals surface area contributed by atoms with E-state index in [4.69, 9.17) is 0 Å². The molecular formula is C23H20FN5O2. The summed E-state index contributed by atoms with van der Waals surface area (Å²) in [4.78, 5) is 29.8. The number of halogens is 1. The number of nitrogens with zero attached hydrogens (tertiary/aromatic N) is 4. The fourth-order valence-electron chi connectivity index (χ4n) is 3.28. The van der Waals surface area contributed by atoms with Gasteiger partial charge in [-0.2, -0.15) is 5.10 Å². The fourth-order valence-corrected chi connectivity index (χ4v) is 3.28. The summed E-state index contributed by atoms with van der Waals surface area (Å²) in [7, 11) is 0. The van der Waals surface area contributed by atoms with E-state index >= 15 is 0 Å². The van der Waals surface area contributed by atoms with Crippen LogP contribution in [0.1, 0.15) is 27.0 Å². The van der Waals surface area contributed by atoms with Crippen molar-refractivity contribution in [2.24, 2.45) is 0 Å². The molecule has 8 heteroatoms. The average molecular weight is 417 g/mol. The maximum atomic E-state index is 13.4. The van der Waals surface area contributed by atoms with Gasteiger partial charge in [-0.3, -0.25) is 19.3 Å². The van der Waals surface area contributed by atoms with E-state index in [0.29, 0.717) is 24.3 Å². The van der Waals surface area contributed by atoms with Gasteiger partial charge in [-0.1, -0.05) is 18.2 Å². The Morgan fingerprint density at radius 3 is 2.71 bits per heavy atom. The van der Waals surface area contributed by atoms with Gasteiger partial charge in [0.05, 0.1) is 25.0 Å². The molecule has 7 nitrogen and oxygen atoms in total. The van der Waals surface area contributed by atoms with Gasteiger partial charge in [0.25, 0.3) is 11.5 Å². The third-order valence-electron chi connectivity index (χ3n) is 4.80. The zero-order valence-electron chi connectivity index (χ0n) is 16.8. The van der Waals surface area contributed by atoms with Crippen LogP contribution in [0.15, 0.2) is 78.2 Å². The van der Waals surface area contributed by atoms with Crippen LogP contribution in [0.3, 0.4) is 0 Å². The number of rotatable bonds is 6. The molecule has 1 aromatic carbocycles. The minimum absolute atomic E-state index is 0.0734. The number of anilines is 1. The van der Waals surface area contributed by atoms with Crippen molar-refractivity contribution in [3.63, 3.8) is 0 Å². The van der Waals surface area contributed by atoms with E-state index in [9.17, 15) is 14.0 Å². The predicted molar refractivity (Wildman–Crippen MR) is 114 cm³/mol. The van der Waals surface area contributed by atoms with E-state index in [1.165, 1.54) is 22.9 Å². The lowest BCUT2D eigenvalue weighted by Crippen LogP contribution is -2.30. The molecule has 0 aliphatic heterocycles. The Labute approximate surface area is 177 Å². The first kappa shape index (κ1) is 20.2. The Morgan fingerprint density at radius 2 is 1.94 bits per heavy atom. The Balaban J connectivity index is 1.52. The highest BCUT2D eigenvalue weighted by atomic mass is 19.1. The molecule has 0 saturated carbocycles. The summed E-state index contributed by atoms with van der Waals surface area (Å²) in [5, 5.41) is 6.92. The zero-order valence-corrected chi connectivity index (χ0v) is 16.8. The fraction of sp³-hybridized carbons (Fsp3) is 0.130. The average Bonchev–Trinajstić information content (AvgIpc) is 3.17. The monoisotopic (exact) mass is 417 g/mol. The van der Waals surface area contributed by atoms with Gasteiger partial charge < -0.3 is 9.88 Å². The van der Waals surface area contributed by atoms with Gasteiger partial charge in [-0.15, -0.1) is 0 Å². The van der Waals surface area contributed by atoms with Crippen LogP contribution >= 0.6 is 0 Å². The summed E-state index contributed by atoms with van der Waals surface area (Å²) in [6, 6.07) is 11.6. The van der Waals surface area contributed by atoms with Crippen LogP contribution in [0.2, 0.25) is 0 Å². The smallest absolute Gasteiger partial charge is 0.263 e. The number of pyridine rings is 2. The van der Waals surface area contributed by atoms with Gasteiger partial charge in [0.2, 0.25) is 0 Å². The molecular weight excluding hydrogens is 397 g/mol. The molecule has 0 aliphatic rings. The summed E-state index contributed by atoms with van der Waals surface area (Å²) in [6.07, 6.45) is 8.13. The van der Waals surface area contributed by atoms with Gasteiger partial charge in [-0.05, 0) is 47.9 Å². The molecule has 0 spiro atoms. The van der Waals surface area contributed by atoms with Crippen LogP contribution in [-0.2, 0) is 13.1 Å². The Hall–Kier alpha value is -4.07. The quantitative estimate of drug-likeness (QED) is 0.522. The number of benzene rings is 1. The van der Waals surface area contributed by atoms with Gasteiger partial charge in [0.15, 0.2) is 0 Å². The van der Waals surface area contributed by atoms with Crippen LogP contribution in [0.4, 0.5) is 10.1 Å². The van der Waals surface area contributed by atoms with E-state index < -0.39 is 5.91 Å². The lowest BCUT2D eigenvalue weighted by molar-refractivity contribution is 0.102. The summed E-state index contributed by atoms with van der Waals surface area (Å²) in [5.74, 6) is -0.825. The molecule has 0 fully saturated rings. The third-order valence-corrected chi connectivity index (χ3v) is 4.80. The van der Waals surface area contributed by atoms with E-state index in [0.717, 1.165) is 11.1 Å². The summed E-state index contributed by atoms with van der Waals surface area (Å²) >= 11 is 0. The van der Waals surface area contributed by atoms with Gasteiger partial charge in [0.1, 0.15) is 11.4 Å². The van der Waals surface area contributed by atoms with Gasteiger partial charge >= 0.3 is 0 Å². The van der Waals surface area contributed by atoms with E-state index in [1.54, 1.807) is 60.7 Å². The van der Waals surface area contributed by atoms with Gasteiger partial charge in [0, 0.05) is 24.8 Å². The van der Waals surface area contributed by atoms with Crippen molar-refractivity contribution in [3.05, 3.63) is 112 Å². The zero-order chi connectivity index (χ0) is 21.8. The van der Waals surface area contributed by atoms with Crippen molar-refractivity contribution < 1.29 is 9.18 Å². The molecule has 156 valence electrons. The molecule has 3 aromatic heterocycles. The van der Waals surface area contributed by atoms with Crippen molar-refractivity contribution in [2.75, 3.05) is 5.32 Å². The minimum Gasteiger partial charge on any atom is -0.319 e. The molecule has 0 bridgehead atoms. The van der Waals surface area contributed by atoms with Crippen LogP contribution in [0.5, 0.6) is 0 Å². The van der Waals surface area contributed by atoms with Crippen molar-refractivity contribution >= 4 is 11.6 Å². The lowest BCUT2D eigenvalue weighted by Gasteiger charge is -2.10. The van der Waals surface area contributed by atoms with Crippen molar-refractivity contribution in [2.45, 2.75) is 20.0 Å². The number of hydrogen-bond donors (Lipinski definition) is 1. The number of nitrogens with one attached hydrogen (secondary N) is 1. The highest BCUT2D eigenvalue weighted by molar-refractivity contribution is 6.04. The Bertz CT molecular complexity index is 1280. The lowest BCUT2D eigenvalue weighted by atomic mass is 10.1. The second-order valence-corrected chi connectivity index (χ2v) is 7.18. The standard InChI is InChI=1S/C23H20FN5O2/c1-16-7-9-28(13-18-5-3-8-25-11-18)23(31)21(16)22(30)27-20-12-26-29(15-20)14-17-4-2-6-19(24)10-17/h2-12,15H,13-14H2,1H3,(H,27,30). The highest BCUT2D eigenvalue weighted by Crippen LogP contribution is 2.12. The molecule has 3 heterocycles. The Kier molecular flexibility index (Phi) is 5.70. The molecule has 4 aromatic rings. The normalized spacial score (nSPS) is 10.8. The molecule has 0 saturated heterocycles. The third kappa shape index (κ3) is 4.75. The molecule has 0 radical (unpaired) electrons. The summed E-state index contributed by atoms with van der Waals surface area (Å²) < 4.78 is 16.4. The van der Waals surface area contributed by atoms with Crippen molar-refractivity contribution in [1.82, 2.24) is 19.3 Å². The second kappa shape index (κ2) is 8.74. The topological polar surface area (TPSA) is 81.8 Å². The van der Waals surface area contributed by atoms with Crippen LogP contribution < -0.4 is 10.9 Å². The van der Waals surface area contributed by atoms with Crippen LogP contribution in [-0.4, -0.2) is 25.2 Å². The van der Waals surface area contributed by atoms with Gasteiger partial charge in [-0.25, -0.2) is 4.39 Å². The maximum absolute atomic E-state index is 13.4. The van der Waals surface area contributed by atoms with Crippen molar-refractivity contribution in [1.29, 1.82) is 0 Å². The molecule has 4 rings (SSSR count). The number of aryl methyl sites for hydroxylation is 1. The second-order valence-electron chi connectivity index (χ2n) is 7.18.